The standard InChI is InChI=1S/C17H18N4O4/c1-18-17(23)13-8-20(7-12-6-19-9-21(12)13)16(22)5-11-2-3-14-15(4-11)25-10-24-14/h2-4,6,9,13H,5,7-8,10H2,1H3,(H,18,23)/t13-/m0/s1. The zero-order valence-electron chi connectivity index (χ0n) is 13.8. The van der Waals surface area contributed by atoms with E-state index in [9.17, 15) is 9.59 Å². The van der Waals surface area contributed by atoms with Crippen molar-refractivity contribution in [1.29, 1.82) is 0 Å². The van der Waals surface area contributed by atoms with Crippen LogP contribution >= 0.6 is 0 Å². The normalized spacial score (nSPS) is 18.0. The number of rotatable bonds is 3. The van der Waals surface area contributed by atoms with Crippen molar-refractivity contribution in [2.24, 2.45) is 0 Å². The van der Waals surface area contributed by atoms with Crippen LogP contribution in [0.5, 0.6) is 11.5 Å². The number of carbonyl (C=O) groups is 2. The molecule has 0 aliphatic carbocycles. The topological polar surface area (TPSA) is 85.7 Å². The zero-order chi connectivity index (χ0) is 17.4. The van der Waals surface area contributed by atoms with Crippen LogP contribution in [-0.4, -0.2) is 46.7 Å². The molecule has 130 valence electrons. The van der Waals surface area contributed by atoms with Crippen LogP contribution < -0.4 is 14.8 Å². The highest BCUT2D eigenvalue weighted by molar-refractivity contribution is 5.83. The number of likely N-dealkylation sites (N-methyl/N-ethyl adjacent to an activating group) is 1. The number of hydrogen-bond acceptors (Lipinski definition) is 5. The largest absolute Gasteiger partial charge is 0.454 e. The molecular formula is C17H18N4O4. The van der Waals surface area contributed by atoms with Crippen LogP contribution in [0.15, 0.2) is 30.7 Å². The second-order valence-electron chi connectivity index (χ2n) is 6.06. The molecule has 0 spiro atoms. The summed E-state index contributed by atoms with van der Waals surface area (Å²) in [5.74, 6) is 1.17. The van der Waals surface area contributed by atoms with E-state index in [4.69, 9.17) is 9.47 Å². The number of aromatic nitrogens is 2. The van der Waals surface area contributed by atoms with Crippen molar-refractivity contribution < 1.29 is 19.1 Å². The lowest BCUT2D eigenvalue weighted by Crippen LogP contribution is -2.46. The van der Waals surface area contributed by atoms with E-state index in [1.54, 1.807) is 24.5 Å². The minimum absolute atomic E-state index is 0.0415. The van der Waals surface area contributed by atoms with Crippen molar-refractivity contribution in [3.63, 3.8) is 0 Å². The number of nitrogens with one attached hydrogen (secondary N) is 1. The van der Waals surface area contributed by atoms with E-state index in [0.717, 1.165) is 11.3 Å². The zero-order valence-corrected chi connectivity index (χ0v) is 13.8. The number of imidazole rings is 1. The van der Waals surface area contributed by atoms with Crippen LogP contribution in [0.25, 0.3) is 0 Å². The lowest BCUT2D eigenvalue weighted by atomic mass is 10.1. The van der Waals surface area contributed by atoms with Gasteiger partial charge in [-0.2, -0.15) is 0 Å². The minimum atomic E-state index is -0.461. The summed E-state index contributed by atoms with van der Waals surface area (Å²) in [6, 6.07) is 5.03. The highest BCUT2D eigenvalue weighted by Gasteiger charge is 2.32. The Morgan fingerprint density at radius 2 is 2.16 bits per heavy atom. The van der Waals surface area contributed by atoms with Gasteiger partial charge in [-0.3, -0.25) is 9.59 Å². The smallest absolute Gasteiger partial charge is 0.244 e. The molecule has 8 nitrogen and oxygen atoms in total. The molecule has 4 rings (SSSR count). The van der Waals surface area contributed by atoms with Gasteiger partial charge < -0.3 is 24.3 Å². The predicted octanol–water partition coefficient (Wildman–Crippen LogP) is 0.484. The molecule has 0 fully saturated rings. The van der Waals surface area contributed by atoms with Gasteiger partial charge in [0.2, 0.25) is 18.6 Å². The third-order valence-corrected chi connectivity index (χ3v) is 4.52. The van der Waals surface area contributed by atoms with Crippen molar-refractivity contribution >= 4 is 11.8 Å². The van der Waals surface area contributed by atoms with E-state index in [1.165, 1.54) is 0 Å². The Kier molecular flexibility index (Phi) is 3.79. The SMILES string of the molecule is CNC(=O)[C@@H]1CN(C(=O)Cc2ccc3c(c2)OCO3)Cc2cncn21. The molecule has 2 amide bonds. The molecule has 0 saturated carbocycles. The van der Waals surface area contributed by atoms with Gasteiger partial charge in [0.15, 0.2) is 11.5 Å². The molecule has 3 heterocycles. The van der Waals surface area contributed by atoms with E-state index < -0.39 is 6.04 Å². The predicted molar refractivity (Wildman–Crippen MR) is 87.0 cm³/mol. The molecule has 1 atom stereocenters. The molecule has 2 aliphatic heterocycles. The molecule has 2 aliphatic rings. The molecule has 0 saturated heterocycles. The molecule has 0 bridgehead atoms. The minimum Gasteiger partial charge on any atom is -0.454 e. The average molecular weight is 342 g/mol. The van der Waals surface area contributed by atoms with Gasteiger partial charge in [0.25, 0.3) is 0 Å². The van der Waals surface area contributed by atoms with E-state index in [1.807, 2.05) is 22.8 Å². The van der Waals surface area contributed by atoms with Crippen LogP contribution in [0, 0.1) is 0 Å². The summed E-state index contributed by atoms with van der Waals surface area (Å²) in [6.45, 7) is 0.972. The first-order chi connectivity index (χ1) is 12.2. The average Bonchev–Trinajstić information content (AvgIpc) is 3.28. The summed E-state index contributed by atoms with van der Waals surface area (Å²) in [4.78, 5) is 30.7. The number of benzene rings is 1. The van der Waals surface area contributed by atoms with Crippen molar-refractivity contribution in [3.8, 4) is 11.5 Å². The molecule has 25 heavy (non-hydrogen) atoms. The fourth-order valence-corrected chi connectivity index (χ4v) is 3.20. The maximum atomic E-state index is 12.7. The van der Waals surface area contributed by atoms with Crippen LogP contribution in [0.3, 0.4) is 0 Å². The Labute approximate surface area is 144 Å². The number of carbonyl (C=O) groups excluding carboxylic acids is 2. The van der Waals surface area contributed by atoms with Crippen molar-refractivity contribution in [2.45, 2.75) is 19.0 Å². The van der Waals surface area contributed by atoms with Crippen LogP contribution in [0.4, 0.5) is 0 Å². The van der Waals surface area contributed by atoms with Gasteiger partial charge in [0.05, 0.1) is 31.5 Å². The van der Waals surface area contributed by atoms with Crippen molar-refractivity contribution in [1.82, 2.24) is 19.8 Å². The second kappa shape index (κ2) is 6.12. The summed E-state index contributed by atoms with van der Waals surface area (Å²) in [7, 11) is 1.59. The van der Waals surface area contributed by atoms with E-state index in [-0.39, 0.29) is 25.0 Å². The van der Waals surface area contributed by atoms with Gasteiger partial charge in [-0.1, -0.05) is 6.07 Å². The Morgan fingerprint density at radius 1 is 1.32 bits per heavy atom. The van der Waals surface area contributed by atoms with Crippen molar-refractivity contribution in [2.75, 3.05) is 20.4 Å². The van der Waals surface area contributed by atoms with E-state index in [2.05, 4.69) is 10.3 Å². The number of fused-ring (bicyclic) bond motifs is 2. The summed E-state index contributed by atoms with van der Waals surface area (Å²) in [5.41, 5.74) is 1.70. The Hall–Kier alpha value is -3.03. The maximum absolute atomic E-state index is 12.7. The highest BCUT2D eigenvalue weighted by Crippen LogP contribution is 2.33. The van der Waals surface area contributed by atoms with Gasteiger partial charge in [-0.25, -0.2) is 4.98 Å². The summed E-state index contributed by atoms with van der Waals surface area (Å²) >= 11 is 0. The van der Waals surface area contributed by atoms with Gasteiger partial charge in [-0.15, -0.1) is 0 Å². The molecule has 1 aromatic carbocycles. The summed E-state index contributed by atoms with van der Waals surface area (Å²) < 4.78 is 12.5. The maximum Gasteiger partial charge on any atom is 0.244 e. The molecule has 1 N–H and O–H groups in total. The van der Waals surface area contributed by atoms with Gasteiger partial charge in [0.1, 0.15) is 6.04 Å². The second-order valence-corrected chi connectivity index (χ2v) is 6.06. The van der Waals surface area contributed by atoms with Gasteiger partial charge in [0, 0.05) is 13.2 Å². The lowest BCUT2D eigenvalue weighted by molar-refractivity contribution is -0.134. The third kappa shape index (κ3) is 2.79. The van der Waals surface area contributed by atoms with Crippen LogP contribution in [0.2, 0.25) is 0 Å². The van der Waals surface area contributed by atoms with Gasteiger partial charge >= 0.3 is 0 Å². The first-order valence-electron chi connectivity index (χ1n) is 8.04. The summed E-state index contributed by atoms with van der Waals surface area (Å²) in [5, 5.41) is 2.65. The molecule has 0 unspecified atom stereocenters. The lowest BCUT2D eigenvalue weighted by Gasteiger charge is -2.33. The number of amides is 2. The van der Waals surface area contributed by atoms with Crippen LogP contribution in [-0.2, 0) is 22.6 Å². The number of hydrogen-bond donors (Lipinski definition) is 1. The monoisotopic (exact) mass is 342 g/mol. The van der Waals surface area contributed by atoms with Crippen molar-refractivity contribution in [3.05, 3.63) is 42.0 Å². The molecule has 8 heteroatoms. The number of nitrogens with zero attached hydrogens (tertiary/aromatic N) is 3. The number of ether oxygens (including phenoxy) is 2. The fraction of sp³-hybridized carbons (Fsp3) is 0.353. The summed E-state index contributed by atoms with van der Waals surface area (Å²) in [6.07, 6.45) is 3.57. The van der Waals surface area contributed by atoms with E-state index >= 15 is 0 Å². The highest BCUT2D eigenvalue weighted by atomic mass is 16.7. The van der Waals surface area contributed by atoms with Gasteiger partial charge in [-0.05, 0) is 17.7 Å². The fourth-order valence-electron chi connectivity index (χ4n) is 3.20. The molecule has 0 radical (unpaired) electrons. The Balaban J connectivity index is 1.52. The van der Waals surface area contributed by atoms with E-state index in [0.29, 0.717) is 24.6 Å². The van der Waals surface area contributed by atoms with Crippen LogP contribution in [0.1, 0.15) is 17.3 Å². The Morgan fingerprint density at radius 3 is 3.00 bits per heavy atom. The first-order valence-corrected chi connectivity index (χ1v) is 8.04. The molecule has 1 aromatic heterocycles. The first kappa shape index (κ1) is 15.5. The Bertz CT molecular complexity index is 832. The third-order valence-electron chi connectivity index (χ3n) is 4.52. The molecular weight excluding hydrogens is 324 g/mol. The molecule has 2 aromatic rings. The quantitative estimate of drug-likeness (QED) is 0.877.